The number of aliphatic hydroxyl groups excluding tert-OH is 3. The van der Waals surface area contributed by atoms with E-state index in [9.17, 15) is 20.1 Å². The second-order valence-electron chi connectivity index (χ2n) is 15.1. The average molecular weight is 730 g/mol. The number of unbranched alkanes of at least 4 members (excludes halogenated alkanes) is 21. The fraction of sp³-hybridized carbons (Fsp3) is 0.977. The van der Waals surface area contributed by atoms with Crippen molar-refractivity contribution in [3.8, 4) is 0 Å². The van der Waals surface area contributed by atoms with Gasteiger partial charge in [0.05, 0.1) is 32.0 Å². The molecule has 0 saturated heterocycles. The molecule has 0 aliphatic rings. The largest absolute Gasteiger partial charge is 0.508 e. The van der Waals surface area contributed by atoms with Crippen molar-refractivity contribution in [1.82, 2.24) is 4.90 Å². The molecule has 0 heterocycles. The van der Waals surface area contributed by atoms with E-state index in [-0.39, 0.29) is 12.7 Å². The molecule has 0 bridgehead atoms. The first-order chi connectivity index (χ1) is 25.0. The third-order valence-corrected chi connectivity index (χ3v) is 10.0. The molecular weight excluding hydrogens is 642 g/mol. The van der Waals surface area contributed by atoms with Crippen LogP contribution < -0.4 is 0 Å². The van der Waals surface area contributed by atoms with Crippen molar-refractivity contribution in [1.29, 1.82) is 0 Å². The highest BCUT2D eigenvalue weighted by Crippen LogP contribution is 2.20. The minimum Gasteiger partial charge on any atom is -0.434 e. The number of aliphatic hydroxyl groups is 3. The summed E-state index contributed by atoms with van der Waals surface area (Å²) in [6.45, 7) is 9.51. The summed E-state index contributed by atoms with van der Waals surface area (Å²) in [5.41, 5.74) is 0. The Hall–Kier alpha value is -0.930. The van der Waals surface area contributed by atoms with Gasteiger partial charge in [0.2, 0.25) is 0 Å². The summed E-state index contributed by atoms with van der Waals surface area (Å²) in [4.78, 5) is 13.9. The van der Waals surface area contributed by atoms with E-state index in [4.69, 9.17) is 14.2 Å². The first-order valence-electron chi connectivity index (χ1n) is 22.1. The average Bonchev–Trinajstić information content (AvgIpc) is 3.11. The van der Waals surface area contributed by atoms with Crippen LogP contribution in [0.2, 0.25) is 0 Å². The van der Waals surface area contributed by atoms with E-state index < -0.39 is 18.5 Å². The van der Waals surface area contributed by atoms with Crippen molar-refractivity contribution in [3.63, 3.8) is 0 Å². The molecule has 306 valence electrons. The standard InChI is InChI=1S/C43H87NO7/c1-4-7-10-13-16-22-28-37-49-43(48)50-38-29-26-30-40(46)39-44(35-36-45)34-27-21-17-20-25-33-42(47)51-41(31-23-18-14-11-8-5-2)32-24-19-15-12-9-6-3/h40-42,45-47H,4-39H2,1-3H3. The Morgan fingerprint density at radius 3 is 1.43 bits per heavy atom. The van der Waals surface area contributed by atoms with Crippen molar-refractivity contribution in [3.05, 3.63) is 0 Å². The van der Waals surface area contributed by atoms with Gasteiger partial charge in [-0.05, 0) is 64.3 Å². The van der Waals surface area contributed by atoms with Gasteiger partial charge in [0.15, 0.2) is 6.29 Å². The summed E-state index contributed by atoms with van der Waals surface area (Å²) in [6.07, 6.45) is 32.4. The topological polar surface area (TPSA) is 109 Å². The number of hydrogen-bond donors (Lipinski definition) is 3. The quantitative estimate of drug-likeness (QED) is 0.0324. The molecule has 3 N–H and O–H groups in total. The predicted molar refractivity (Wildman–Crippen MR) is 213 cm³/mol. The summed E-state index contributed by atoms with van der Waals surface area (Å²) in [6, 6.07) is 0. The van der Waals surface area contributed by atoms with E-state index in [0.29, 0.717) is 45.6 Å². The molecule has 51 heavy (non-hydrogen) atoms. The molecular formula is C43H87NO7. The summed E-state index contributed by atoms with van der Waals surface area (Å²) in [5, 5.41) is 30.8. The van der Waals surface area contributed by atoms with Gasteiger partial charge in [-0.1, -0.05) is 156 Å². The van der Waals surface area contributed by atoms with Gasteiger partial charge in [0, 0.05) is 13.1 Å². The first kappa shape index (κ1) is 50.1. The Bertz CT molecular complexity index is 681. The second kappa shape index (κ2) is 40.3. The van der Waals surface area contributed by atoms with Crippen molar-refractivity contribution in [2.75, 3.05) is 39.5 Å². The molecule has 0 aromatic rings. The van der Waals surface area contributed by atoms with Crippen LogP contribution in [-0.4, -0.2) is 84.3 Å². The summed E-state index contributed by atoms with van der Waals surface area (Å²) < 4.78 is 16.5. The molecule has 0 aromatic heterocycles. The molecule has 0 rings (SSSR count). The number of hydrogen-bond acceptors (Lipinski definition) is 8. The van der Waals surface area contributed by atoms with Crippen LogP contribution in [0.1, 0.15) is 213 Å². The number of nitrogens with zero attached hydrogens (tertiary/aromatic N) is 1. The fourth-order valence-corrected chi connectivity index (χ4v) is 6.78. The Balaban J connectivity index is 4.05. The fourth-order valence-electron chi connectivity index (χ4n) is 6.78. The SMILES string of the molecule is CCCCCCCCCOC(=O)OCCCCC(O)CN(CCO)CCCCCCCC(O)OC(CCCCCCCC)CCCCCCCC. The van der Waals surface area contributed by atoms with Crippen LogP contribution in [-0.2, 0) is 14.2 Å². The third-order valence-electron chi connectivity index (χ3n) is 10.0. The van der Waals surface area contributed by atoms with Gasteiger partial charge in [-0.2, -0.15) is 0 Å². The number of carbonyl (C=O) groups excluding carboxylic acids is 1. The minimum absolute atomic E-state index is 0.0815. The van der Waals surface area contributed by atoms with Gasteiger partial charge < -0.3 is 29.5 Å². The van der Waals surface area contributed by atoms with E-state index in [1.807, 2.05) is 0 Å². The lowest BCUT2D eigenvalue weighted by Gasteiger charge is -2.24. The number of carbonyl (C=O) groups is 1. The van der Waals surface area contributed by atoms with E-state index >= 15 is 0 Å². The highest BCUT2D eigenvalue weighted by molar-refractivity contribution is 5.59. The molecule has 0 spiro atoms. The third kappa shape index (κ3) is 37.2. The van der Waals surface area contributed by atoms with Crippen molar-refractivity contribution in [2.24, 2.45) is 0 Å². The lowest BCUT2D eigenvalue weighted by Crippen LogP contribution is -2.35. The van der Waals surface area contributed by atoms with E-state index in [2.05, 4.69) is 25.7 Å². The maximum Gasteiger partial charge on any atom is 0.508 e. The number of ether oxygens (including phenoxy) is 3. The molecule has 0 aliphatic heterocycles. The van der Waals surface area contributed by atoms with E-state index in [0.717, 1.165) is 70.8 Å². The van der Waals surface area contributed by atoms with Crippen molar-refractivity contribution in [2.45, 2.75) is 232 Å². The first-order valence-corrected chi connectivity index (χ1v) is 22.1. The van der Waals surface area contributed by atoms with Gasteiger partial charge in [0.1, 0.15) is 0 Å². The molecule has 8 nitrogen and oxygen atoms in total. The number of rotatable bonds is 41. The Morgan fingerprint density at radius 2 is 0.922 bits per heavy atom. The zero-order chi connectivity index (χ0) is 37.5. The lowest BCUT2D eigenvalue weighted by molar-refractivity contribution is -0.144. The van der Waals surface area contributed by atoms with Crippen molar-refractivity contribution >= 4 is 6.16 Å². The molecule has 0 fully saturated rings. The normalized spacial score (nSPS) is 12.9. The minimum atomic E-state index is -0.656. The molecule has 0 aliphatic carbocycles. The maximum absolute atomic E-state index is 11.8. The van der Waals surface area contributed by atoms with Crippen molar-refractivity contribution < 1.29 is 34.3 Å². The van der Waals surface area contributed by atoms with E-state index in [1.165, 1.54) is 109 Å². The Kier molecular flexibility index (Phi) is 39.5. The van der Waals surface area contributed by atoms with Crippen LogP contribution in [0.4, 0.5) is 4.79 Å². The van der Waals surface area contributed by atoms with Gasteiger partial charge in [0.25, 0.3) is 0 Å². The monoisotopic (exact) mass is 730 g/mol. The highest BCUT2D eigenvalue weighted by atomic mass is 16.7. The molecule has 0 aromatic carbocycles. The van der Waals surface area contributed by atoms with Gasteiger partial charge >= 0.3 is 6.16 Å². The Labute approximate surface area is 316 Å². The van der Waals surface area contributed by atoms with E-state index in [1.54, 1.807) is 0 Å². The smallest absolute Gasteiger partial charge is 0.434 e. The zero-order valence-electron chi connectivity index (χ0n) is 34.1. The molecule has 8 heteroatoms. The van der Waals surface area contributed by atoms with Gasteiger partial charge in [-0.15, -0.1) is 0 Å². The van der Waals surface area contributed by atoms with Crippen LogP contribution in [0.15, 0.2) is 0 Å². The second-order valence-corrected chi connectivity index (χ2v) is 15.1. The van der Waals surface area contributed by atoms with Crippen LogP contribution in [0, 0.1) is 0 Å². The predicted octanol–water partition coefficient (Wildman–Crippen LogP) is 11.3. The molecule has 0 saturated carbocycles. The summed E-state index contributed by atoms with van der Waals surface area (Å²) >= 11 is 0. The van der Waals surface area contributed by atoms with Crippen LogP contribution in [0.3, 0.4) is 0 Å². The molecule has 2 unspecified atom stereocenters. The highest BCUT2D eigenvalue weighted by Gasteiger charge is 2.15. The zero-order valence-corrected chi connectivity index (χ0v) is 34.1. The summed E-state index contributed by atoms with van der Waals surface area (Å²) in [5.74, 6) is 0. The summed E-state index contributed by atoms with van der Waals surface area (Å²) in [7, 11) is 0. The van der Waals surface area contributed by atoms with Crippen LogP contribution >= 0.6 is 0 Å². The molecule has 0 radical (unpaired) electrons. The molecule has 0 amide bonds. The van der Waals surface area contributed by atoms with Gasteiger partial charge in [-0.3, -0.25) is 4.90 Å². The lowest BCUT2D eigenvalue weighted by atomic mass is 10.0. The maximum atomic E-state index is 11.8. The van der Waals surface area contributed by atoms with Gasteiger partial charge in [-0.25, -0.2) is 4.79 Å². The molecule has 2 atom stereocenters. The van der Waals surface area contributed by atoms with Crippen LogP contribution in [0.5, 0.6) is 0 Å². The van der Waals surface area contributed by atoms with Crippen LogP contribution in [0.25, 0.3) is 0 Å². The Morgan fingerprint density at radius 1 is 0.510 bits per heavy atom.